The van der Waals surface area contributed by atoms with Gasteiger partial charge in [0.05, 0.1) is 10.6 Å². The summed E-state index contributed by atoms with van der Waals surface area (Å²) in [6, 6.07) is 1.16. The van der Waals surface area contributed by atoms with Crippen LogP contribution in [0.5, 0.6) is 0 Å². The Morgan fingerprint density at radius 3 is 2.58 bits per heavy atom. The molecule has 0 atom stereocenters. The van der Waals surface area contributed by atoms with Crippen LogP contribution in [0.15, 0.2) is 18.6 Å². The summed E-state index contributed by atoms with van der Waals surface area (Å²) in [4.78, 5) is 29.0. The number of rotatable bonds is 3. The van der Waals surface area contributed by atoms with Crippen molar-refractivity contribution >= 4 is 11.7 Å². The molecule has 0 saturated carbocycles. The zero-order valence-corrected chi connectivity index (χ0v) is 10.2. The molecule has 0 spiro atoms. The molecule has 19 heavy (non-hydrogen) atoms. The third-order valence-corrected chi connectivity index (χ3v) is 2.79. The lowest BCUT2D eigenvalue weighted by Crippen LogP contribution is -2.07. The fourth-order valence-electron chi connectivity index (χ4n) is 1.62. The van der Waals surface area contributed by atoms with Crippen molar-refractivity contribution in [2.75, 3.05) is 0 Å². The van der Waals surface area contributed by atoms with E-state index in [1.165, 1.54) is 6.33 Å². The summed E-state index contributed by atoms with van der Waals surface area (Å²) in [6.45, 7) is 3.60. The molecule has 8 nitrogen and oxygen atoms in total. The van der Waals surface area contributed by atoms with Crippen molar-refractivity contribution in [3.8, 4) is 5.82 Å². The number of aromatic carboxylic acids is 1. The van der Waals surface area contributed by atoms with Gasteiger partial charge in [0, 0.05) is 11.8 Å². The number of aromatic nitrogens is 3. The minimum atomic E-state index is -1.37. The SMILES string of the molecule is Cc1ncn(-c2cc(C(=O)O)c([N+](=O)[O-])cn2)c1C. The van der Waals surface area contributed by atoms with Crippen LogP contribution in [0.3, 0.4) is 0 Å². The van der Waals surface area contributed by atoms with Crippen molar-refractivity contribution in [3.63, 3.8) is 0 Å². The van der Waals surface area contributed by atoms with Crippen molar-refractivity contribution in [2.45, 2.75) is 13.8 Å². The first-order valence-corrected chi connectivity index (χ1v) is 5.30. The van der Waals surface area contributed by atoms with Gasteiger partial charge < -0.3 is 5.11 Å². The summed E-state index contributed by atoms with van der Waals surface area (Å²) < 4.78 is 1.57. The van der Waals surface area contributed by atoms with Crippen molar-refractivity contribution in [3.05, 3.63) is 45.7 Å². The van der Waals surface area contributed by atoms with E-state index in [4.69, 9.17) is 5.11 Å². The molecule has 0 saturated heterocycles. The standard InChI is InChI=1S/C11H10N4O4/c1-6-7(2)14(5-13-6)10-3-8(11(16)17)9(4-12-10)15(18)19/h3-5H,1-2H3,(H,16,17). The molecule has 0 radical (unpaired) electrons. The monoisotopic (exact) mass is 262 g/mol. The Balaban J connectivity index is 2.62. The number of hydrogen-bond donors (Lipinski definition) is 1. The molecule has 98 valence electrons. The predicted molar refractivity (Wildman–Crippen MR) is 64.4 cm³/mol. The highest BCUT2D eigenvalue weighted by molar-refractivity contribution is 5.92. The van der Waals surface area contributed by atoms with E-state index >= 15 is 0 Å². The highest BCUT2D eigenvalue weighted by atomic mass is 16.6. The third-order valence-electron chi connectivity index (χ3n) is 2.79. The van der Waals surface area contributed by atoms with E-state index in [-0.39, 0.29) is 5.82 Å². The first-order valence-electron chi connectivity index (χ1n) is 5.30. The van der Waals surface area contributed by atoms with Crippen LogP contribution in [0.1, 0.15) is 21.7 Å². The molecule has 0 fully saturated rings. The molecular weight excluding hydrogens is 252 g/mol. The Kier molecular flexibility index (Phi) is 2.99. The molecule has 0 unspecified atom stereocenters. The van der Waals surface area contributed by atoms with Gasteiger partial charge in [-0.3, -0.25) is 14.7 Å². The van der Waals surface area contributed by atoms with Gasteiger partial charge in [-0.05, 0) is 13.8 Å². The molecule has 2 aromatic rings. The highest BCUT2D eigenvalue weighted by Gasteiger charge is 2.21. The molecule has 0 aromatic carbocycles. The van der Waals surface area contributed by atoms with Crippen molar-refractivity contribution < 1.29 is 14.8 Å². The second kappa shape index (κ2) is 4.48. The van der Waals surface area contributed by atoms with E-state index in [1.807, 2.05) is 0 Å². The predicted octanol–water partition coefficient (Wildman–Crippen LogP) is 1.49. The average Bonchev–Trinajstić information content (AvgIpc) is 2.69. The average molecular weight is 262 g/mol. The van der Waals surface area contributed by atoms with Gasteiger partial charge in [0.2, 0.25) is 0 Å². The second-order valence-corrected chi connectivity index (χ2v) is 3.91. The zero-order valence-electron chi connectivity index (χ0n) is 10.2. The molecule has 2 heterocycles. The van der Waals surface area contributed by atoms with Crippen LogP contribution < -0.4 is 0 Å². The largest absolute Gasteiger partial charge is 0.477 e. The molecular formula is C11H10N4O4. The molecule has 8 heteroatoms. The first-order chi connectivity index (χ1) is 8.91. The molecule has 2 rings (SSSR count). The Morgan fingerprint density at radius 2 is 2.11 bits per heavy atom. The quantitative estimate of drug-likeness (QED) is 0.662. The number of carboxylic acids is 1. The summed E-state index contributed by atoms with van der Waals surface area (Å²) in [7, 11) is 0. The van der Waals surface area contributed by atoms with E-state index in [0.29, 0.717) is 0 Å². The summed E-state index contributed by atoms with van der Waals surface area (Å²) in [5, 5.41) is 19.7. The molecule has 1 N–H and O–H groups in total. The van der Waals surface area contributed by atoms with Gasteiger partial charge in [0.15, 0.2) is 0 Å². The number of carbonyl (C=O) groups is 1. The van der Waals surface area contributed by atoms with Gasteiger partial charge in [0.25, 0.3) is 0 Å². The summed E-state index contributed by atoms with van der Waals surface area (Å²) >= 11 is 0. The number of hydrogen-bond acceptors (Lipinski definition) is 5. The van der Waals surface area contributed by atoms with E-state index < -0.39 is 22.1 Å². The number of nitro groups is 1. The van der Waals surface area contributed by atoms with Crippen LogP contribution in [0.25, 0.3) is 5.82 Å². The highest BCUT2D eigenvalue weighted by Crippen LogP contribution is 2.21. The van der Waals surface area contributed by atoms with Crippen molar-refractivity contribution in [2.24, 2.45) is 0 Å². The molecule has 0 aliphatic rings. The lowest BCUT2D eigenvalue weighted by atomic mass is 10.2. The number of nitrogens with zero attached hydrogens (tertiary/aromatic N) is 4. The van der Waals surface area contributed by atoms with Gasteiger partial charge in [0.1, 0.15) is 23.9 Å². The Labute approximate surface area is 107 Å². The maximum absolute atomic E-state index is 11.0. The lowest BCUT2D eigenvalue weighted by molar-refractivity contribution is -0.385. The molecule has 0 bridgehead atoms. The van der Waals surface area contributed by atoms with Crippen LogP contribution in [0.2, 0.25) is 0 Å². The zero-order chi connectivity index (χ0) is 14.2. The minimum absolute atomic E-state index is 0.279. The summed E-state index contributed by atoms with van der Waals surface area (Å²) in [5.41, 5.74) is 0.626. The fourth-order valence-corrected chi connectivity index (χ4v) is 1.62. The van der Waals surface area contributed by atoms with E-state index in [9.17, 15) is 14.9 Å². The Morgan fingerprint density at radius 1 is 1.42 bits per heavy atom. The third kappa shape index (κ3) is 2.15. The summed E-state index contributed by atoms with van der Waals surface area (Å²) in [6.07, 6.45) is 2.43. The van der Waals surface area contributed by atoms with E-state index in [0.717, 1.165) is 23.7 Å². The van der Waals surface area contributed by atoms with Gasteiger partial charge >= 0.3 is 11.7 Å². The molecule has 2 aromatic heterocycles. The van der Waals surface area contributed by atoms with Crippen LogP contribution >= 0.6 is 0 Å². The Hall–Kier alpha value is -2.77. The summed E-state index contributed by atoms with van der Waals surface area (Å²) in [5.74, 6) is -1.09. The maximum atomic E-state index is 11.0. The topological polar surface area (TPSA) is 111 Å². The van der Waals surface area contributed by atoms with Crippen LogP contribution in [-0.2, 0) is 0 Å². The Bertz CT molecular complexity index is 677. The first kappa shape index (κ1) is 12.7. The van der Waals surface area contributed by atoms with Gasteiger partial charge in [-0.15, -0.1) is 0 Å². The minimum Gasteiger partial charge on any atom is -0.477 e. The van der Waals surface area contributed by atoms with Crippen molar-refractivity contribution in [1.29, 1.82) is 0 Å². The smallest absolute Gasteiger partial charge is 0.342 e. The number of pyridine rings is 1. The van der Waals surface area contributed by atoms with Gasteiger partial charge in [-0.2, -0.15) is 0 Å². The van der Waals surface area contributed by atoms with Crippen LogP contribution in [-0.4, -0.2) is 30.5 Å². The lowest BCUT2D eigenvalue weighted by Gasteiger charge is -2.05. The van der Waals surface area contributed by atoms with E-state index in [1.54, 1.807) is 18.4 Å². The number of imidazole rings is 1. The molecule has 0 aliphatic carbocycles. The van der Waals surface area contributed by atoms with E-state index in [2.05, 4.69) is 9.97 Å². The molecule has 0 amide bonds. The maximum Gasteiger partial charge on any atom is 0.342 e. The van der Waals surface area contributed by atoms with Crippen molar-refractivity contribution in [1.82, 2.24) is 14.5 Å². The number of aryl methyl sites for hydroxylation is 1. The number of carboxylic acid groups (broad SMARTS) is 1. The second-order valence-electron chi connectivity index (χ2n) is 3.91. The molecule has 0 aliphatic heterocycles. The van der Waals surface area contributed by atoms with Crippen LogP contribution in [0.4, 0.5) is 5.69 Å². The van der Waals surface area contributed by atoms with Gasteiger partial charge in [-0.25, -0.2) is 14.8 Å². The fraction of sp³-hybridized carbons (Fsp3) is 0.182. The van der Waals surface area contributed by atoms with Gasteiger partial charge in [-0.1, -0.05) is 0 Å². The van der Waals surface area contributed by atoms with Crippen LogP contribution in [0, 0.1) is 24.0 Å². The normalized spacial score (nSPS) is 10.4.